The number of benzene rings is 6. The molecule has 6 nitrogen and oxygen atoms in total. The van der Waals surface area contributed by atoms with Crippen molar-refractivity contribution in [1.82, 2.24) is 14.5 Å². The summed E-state index contributed by atoms with van der Waals surface area (Å²) in [7, 11) is 0. The first-order valence-corrected chi connectivity index (χ1v) is 20.0. The van der Waals surface area contributed by atoms with Crippen LogP contribution in [0.15, 0.2) is 164 Å². The minimum Gasteiger partial charge on any atom is -0.509 e. The Morgan fingerprint density at radius 2 is 1.31 bits per heavy atom. The fourth-order valence-corrected chi connectivity index (χ4v) is 7.79. The second-order valence-corrected chi connectivity index (χ2v) is 17.0. The quantitative estimate of drug-likeness (QED) is 0.149. The van der Waals surface area contributed by atoms with Crippen LogP contribution in [0.5, 0.6) is 11.5 Å². The Morgan fingerprint density at radius 3 is 2.00 bits per heavy atom. The molecule has 0 fully saturated rings. The van der Waals surface area contributed by atoms with Gasteiger partial charge in [0.2, 0.25) is 0 Å². The van der Waals surface area contributed by atoms with Gasteiger partial charge in [-0.2, -0.15) is 12.1 Å². The van der Waals surface area contributed by atoms with E-state index in [4.69, 9.17) is 17.9 Å². The van der Waals surface area contributed by atoms with Gasteiger partial charge in [-0.05, 0) is 74.9 Å². The number of aromatic nitrogens is 3. The van der Waals surface area contributed by atoms with Gasteiger partial charge in [-0.25, -0.2) is 4.98 Å². The number of hydrogen-bond donors (Lipinski definition) is 0. The summed E-state index contributed by atoms with van der Waals surface area (Å²) in [5.74, 6) is 1.56. The second kappa shape index (κ2) is 16.1. The maximum atomic E-state index is 9.21. The number of fused-ring (bicyclic) bond motifs is 4. The molecule has 0 unspecified atom stereocenters. The van der Waals surface area contributed by atoms with E-state index in [1.807, 2.05) is 74.3 Å². The van der Waals surface area contributed by atoms with Crippen molar-refractivity contribution in [1.29, 1.82) is 0 Å². The van der Waals surface area contributed by atoms with Crippen LogP contribution in [0.3, 0.4) is 0 Å². The van der Waals surface area contributed by atoms with Gasteiger partial charge in [0.15, 0.2) is 0 Å². The van der Waals surface area contributed by atoms with Crippen molar-refractivity contribution in [2.24, 2.45) is 0 Å². The fraction of sp³-hybridized carbons (Fsp3) is 0.145. The molecule has 0 amide bonds. The van der Waals surface area contributed by atoms with Gasteiger partial charge in [-0.1, -0.05) is 126 Å². The van der Waals surface area contributed by atoms with Gasteiger partial charge in [0.1, 0.15) is 5.82 Å². The van der Waals surface area contributed by atoms with Crippen LogP contribution in [0.1, 0.15) is 66.4 Å². The van der Waals surface area contributed by atoms with Gasteiger partial charge in [0, 0.05) is 73.0 Å². The monoisotopic (exact) mass is 997 g/mol. The molecule has 62 heavy (non-hydrogen) atoms. The number of anilines is 4. The van der Waals surface area contributed by atoms with Gasteiger partial charge >= 0.3 is 0 Å². The van der Waals surface area contributed by atoms with Crippen LogP contribution >= 0.6 is 0 Å². The van der Waals surface area contributed by atoms with Crippen LogP contribution in [0.25, 0.3) is 49.9 Å². The number of pyridine rings is 2. The van der Waals surface area contributed by atoms with Crippen LogP contribution in [-0.2, 0) is 31.9 Å². The predicted octanol–water partition coefficient (Wildman–Crippen LogP) is 14.3. The molecule has 10 rings (SSSR count). The Morgan fingerprint density at radius 1 is 0.629 bits per heavy atom. The predicted molar refractivity (Wildman–Crippen MR) is 250 cm³/mol. The maximum Gasteiger partial charge on any atom is 0.135 e. The van der Waals surface area contributed by atoms with Gasteiger partial charge < -0.3 is 19.1 Å². The number of nitrogens with zero attached hydrogens (tertiary/aromatic N) is 5. The van der Waals surface area contributed by atoms with E-state index in [1.165, 1.54) is 0 Å². The number of ether oxygens (including phenoxy) is 1. The molecule has 1 aliphatic rings. The fourth-order valence-electron chi connectivity index (χ4n) is 7.79. The smallest absolute Gasteiger partial charge is 0.135 e. The summed E-state index contributed by atoms with van der Waals surface area (Å²) in [5.41, 5.74) is 4.67. The molecule has 310 valence electrons. The summed E-state index contributed by atoms with van der Waals surface area (Å²) < 4.78 is 97.2. The van der Waals surface area contributed by atoms with E-state index in [-0.39, 0.29) is 54.4 Å². The van der Waals surface area contributed by atoms with Crippen LogP contribution < -0.4 is 14.5 Å². The van der Waals surface area contributed by atoms with Gasteiger partial charge in [0.25, 0.3) is 0 Å². The molecule has 9 aromatic rings. The maximum absolute atomic E-state index is 9.21. The molecule has 0 spiro atoms. The molecule has 0 aliphatic carbocycles. The molecule has 7 heteroatoms. The van der Waals surface area contributed by atoms with Crippen molar-refractivity contribution in [2.45, 2.75) is 52.4 Å². The molecular weight excluding hydrogens is 942 g/mol. The first-order chi connectivity index (χ1) is 33.6. The third-order valence-electron chi connectivity index (χ3n) is 10.9. The van der Waals surface area contributed by atoms with Crippen molar-refractivity contribution in [2.75, 3.05) is 9.80 Å². The van der Waals surface area contributed by atoms with Gasteiger partial charge in [-0.3, -0.25) is 4.98 Å². The van der Waals surface area contributed by atoms with Crippen molar-refractivity contribution < 1.29 is 39.5 Å². The third-order valence-corrected chi connectivity index (χ3v) is 10.9. The molecule has 4 heterocycles. The van der Waals surface area contributed by atoms with Crippen molar-refractivity contribution in [3.05, 3.63) is 194 Å². The molecule has 0 bridgehead atoms. The van der Waals surface area contributed by atoms with Gasteiger partial charge in [0.05, 0.1) is 25.6 Å². The summed E-state index contributed by atoms with van der Waals surface area (Å²) in [6.07, 6.45) is 5.06. The zero-order chi connectivity index (χ0) is 50.6. The van der Waals surface area contributed by atoms with Crippen LogP contribution in [0.4, 0.5) is 22.7 Å². The average molecular weight is 998 g/mol. The van der Waals surface area contributed by atoms with Crippen LogP contribution in [0.2, 0.25) is 0 Å². The average Bonchev–Trinajstić information content (AvgIpc) is 3.89. The SMILES string of the molecule is [2H]c1c([2H])c([2H])c(-c2cc(C(C)(C)C)cc(-c3c([2H])c([2H])c([2H])c([2H])c3[2H])c2N2[CH-]N(c3[c-]c(Oc4[c-]c5c(cc4)c4ccccc4n5-c4cc(C(C)(C)C)ccn4)ccc3)c3ccncc32)c([2H])c1[2H].[Pt]. The zero-order valence-corrected chi connectivity index (χ0v) is 37.1. The van der Waals surface area contributed by atoms with Crippen molar-refractivity contribution in [3.8, 4) is 39.6 Å². The largest absolute Gasteiger partial charge is 0.509 e. The second-order valence-electron chi connectivity index (χ2n) is 17.0. The molecule has 6 aromatic carbocycles. The Balaban J connectivity index is 0.00000640. The van der Waals surface area contributed by atoms with E-state index < -0.39 is 65.8 Å². The minimum absolute atomic E-state index is 0. The summed E-state index contributed by atoms with van der Waals surface area (Å²) in [5, 5.41) is 2.02. The molecule has 3 aromatic heterocycles. The summed E-state index contributed by atoms with van der Waals surface area (Å²) in [4.78, 5) is 12.8. The van der Waals surface area contributed by atoms with Crippen LogP contribution in [-0.4, -0.2) is 14.5 Å². The molecule has 0 saturated carbocycles. The summed E-state index contributed by atoms with van der Waals surface area (Å²) in [6.45, 7) is 14.0. The standard InChI is InChI=1S/C55H46N5O.Pt/c1-54(2,3)39-26-29-57-52(32-39)60-48-23-14-13-22-44(48)45-25-24-43(34-50(45)60)61-42-21-15-20-41(33-42)58-36-59(51-35-56-28-27-49(51)58)53-46(37-16-9-7-10-17-37)30-40(55(4,5)6)31-47(53)38-18-11-8-12-19-38;/h7-32,35-36H,1-6H3;/q-3;/i7D,8D,9D,10D,11D,12D,16D,17D,18D,19D;. The van der Waals surface area contributed by atoms with E-state index in [2.05, 4.69) is 60.7 Å². The van der Waals surface area contributed by atoms with E-state index in [9.17, 15) is 5.48 Å². The zero-order valence-electron chi connectivity index (χ0n) is 44.9. The number of para-hydroxylation sites is 1. The molecular formula is C55H46N5OPt-3. The van der Waals surface area contributed by atoms with Crippen molar-refractivity contribution in [3.63, 3.8) is 0 Å². The topological polar surface area (TPSA) is 46.4 Å². The van der Waals surface area contributed by atoms with E-state index >= 15 is 0 Å². The van der Waals surface area contributed by atoms with E-state index in [1.54, 1.807) is 48.2 Å². The Bertz CT molecular complexity index is 3530. The Kier molecular flexibility index (Phi) is 7.92. The number of hydrogen-bond acceptors (Lipinski definition) is 5. The Hall–Kier alpha value is -6.49. The first-order valence-electron chi connectivity index (χ1n) is 25.0. The summed E-state index contributed by atoms with van der Waals surface area (Å²) in [6, 6.07) is 28.6. The number of rotatable bonds is 7. The summed E-state index contributed by atoms with van der Waals surface area (Å²) >= 11 is 0. The van der Waals surface area contributed by atoms with Gasteiger partial charge in [-0.15, -0.1) is 48.1 Å². The first kappa shape index (κ1) is 30.5. The Labute approximate surface area is 392 Å². The van der Waals surface area contributed by atoms with Crippen LogP contribution in [0, 0.1) is 18.8 Å². The van der Waals surface area contributed by atoms with E-state index in [0.717, 1.165) is 33.2 Å². The molecule has 0 N–H and O–H groups in total. The normalized spacial score (nSPS) is 15.0. The molecule has 1 aliphatic heterocycles. The van der Waals surface area contributed by atoms with E-state index in [0.29, 0.717) is 34.1 Å². The molecule has 0 radical (unpaired) electrons. The minimum atomic E-state index is -0.634. The molecule has 0 atom stereocenters. The third kappa shape index (κ3) is 7.47. The van der Waals surface area contributed by atoms with Crippen molar-refractivity contribution >= 4 is 44.6 Å². The molecule has 0 saturated heterocycles.